The van der Waals surface area contributed by atoms with Crippen molar-refractivity contribution in [2.75, 3.05) is 6.26 Å². The van der Waals surface area contributed by atoms with Gasteiger partial charge >= 0.3 is 0 Å². The van der Waals surface area contributed by atoms with Crippen molar-refractivity contribution in [1.29, 1.82) is 0 Å². The third-order valence-electron chi connectivity index (χ3n) is 2.95. The number of carbonyl (C=O) groups is 1. The SMILES string of the molecule is CC(=O)c1cc(F)ccc1-c1ccc(S(C)(=O)=O)cc1. The van der Waals surface area contributed by atoms with E-state index in [4.69, 9.17) is 0 Å². The summed E-state index contributed by atoms with van der Waals surface area (Å²) in [7, 11) is -3.26. The van der Waals surface area contributed by atoms with Crippen molar-refractivity contribution in [2.24, 2.45) is 0 Å². The van der Waals surface area contributed by atoms with Gasteiger partial charge < -0.3 is 0 Å². The molecule has 0 atom stereocenters. The summed E-state index contributed by atoms with van der Waals surface area (Å²) in [5.41, 5.74) is 1.53. The predicted octanol–water partition coefficient (Wildman–Crippen LogP) is 3.10. The first kappa shape index (κ1) is 14.4. The largest absolute Gasteiger partial charge is 0.294 e. The topological polar surface area (TPSA) is 51.2 Å². The second-order valence-electron chi connectivity index (χ2n) is 4.54. The first-order valence-electron chi connectivity index (χ1n) is 5.90. The number of hydrogen-bond acceptors (Lipinski definition) is 3. The van der Waals surface area contributed by atoms with E-state index >= 15 is 0 Å². The molecule has 3 nitrogen and oxygen atoms in total. The lowest BCUT2D eigenvalue weighted by Crippen LogP contribution is -1.99. The molecule has 0 saturated carbocycles. The summed E-state index contributed by atoms with van der Waals surface area (Å²) in [6.07, 6.45) is 1.13. The summed E-state index contributed by atoms with van der Waals surface area (Å²) in [4.78, 5) is 11.8. The minimum atomic E-state index is -3.26. The van der Waals surface area contributed by atoms with Crippen molar-refractivity contribution in [1.82, 2.24) is 0 Å². The molecule has 0 heterocycles. The first-order chi connectivity index (χ1) is 9.29. The second kappa shape index (κ2) is 5.17. The predicted molar refractivity (Wildman–Crippen MR) is 75.0 cm³/mol. The molecule has 0 N–H and O–H groups in total. The van der Waals surface area contributed by atoms with E-state index in [1.54, 1.807) is 12.1 Å². The Bertz CT molecular complexity index is 762. The van der Waals surface area contributed by atoms with E-state index in [2.05, 4.69) is 0 Å². The third-order valence-corrected chi connectivity index (χ3v) is 4.08. The van der Waals surface area contributed by atoms with Crippen molar-refractivity contribution in [2.45, 2.75) is 11.8 Å². The highest BCUT2D eigenvalue weighted by molar-refractivity contribution is 7.90. The van der Waals surface area contributed by atoms with Crippen molar-refractivity contribution >= 4 is 15.6 Å². The van der Waals surface area contributed by atoms with Crippen LogP contribution in [-0.4, -0.2) is 20.5 Å². The molecule has 0 fully saturated rings. The van der Waals surface area contributed by atoms with Crippen LogP contribution in [0.1, 0.15) is 17.3 Å². The van der Waals surface area contributed by atoms with Gasteiger partial charge in [0.1, 0.15) is 5.82 Å². The maximum atomic E-state index is 13.2. The number of benzene rings is 2. The Labute approximate surface area is 117 Å². The second-order valence-corrected chi connectivity index (χ2v) is 6.56. The summed E-state index contributed by atoms with van der Waals surface area (Å²) in [5.74, 6) is -0.724. The number of rotatable bonds is 3. The fraction of sp³-hybridized carbons (Fsp3) is 0.133. The molecule has 0 aromatic heterocycles. The Morgan fingerprint density at radius 1 is 1.05 bits per heavy atom. The Morgan fingerprint density at radius 3 is 2.15 bits per heavy atom. The van der Waals surface area contributed by atoms with E-state index in [0.29, 0.717) is 11.1 Å². The summed E-state index contributed by atoms with van der Waals surface area (Å²) in [6, 6.07) is 10.1. The van der Waals surface area contributed by atoms with Crippen LogP contribution in [0.2, 0.25) is 0 Å². The molecule has 0 spiro atoms. The standard InChI is InChI=1S/C15H13FO3S/c1-10(17)15-9-12(16)5-8-14(15)11-3-6-13(7-4-11)20(2,18)19/h3-9H,1-2H3. The lowest BCUT2D eigenvalue weighted by molar-refractivity contribution is 0.101. The Kier molecular flexibility index (Phi) is 3.72. The van der Waals surface area contributed by atoms with Crippen LogP contribution in [-0.2, 0) is 9.84 Å². The molecular weight excluding hydrogens is 279 g/mol. The molecule has 0 aliphatic carbocycles. The zero-order valence-electron chi connectivity index (χ0n) is 11.1. The number of Topliss-reactive ketones (excluding diaryl/α,β-unsaturated/α-hetero) is 1. The van der Waals surface area contributed by atoms with Crippen LogP contribution in [0.4, 0.5) is 4.39 Å². The molecule has 0 saturated heterocycles. The van der Waals surface area contributed by atoms with E-state index in [1.165, 1.54) is 37.3 Å². The monoisotopic (exact) mass is 292 g/mol. The third kappa shape index (κ3) is 2.93. The zero-order chi connectivity index (χ0) is 14.9. The van der Waals surface area contributed by atoms with E-state index in [-0.39, 0.29) is 16.2 Å². The quantitative estimate of drug-likeness (QED) is 0.817. The summed E-state index contributed by atoms with van der Waals surface area (Å²) >= 11 is 0. The number of carbonyl (C=O) groups excluding carboxylic acids is 1. The molecule has 0 radical (unpaired) electrons. The van der Waals surface area contributed by atoms with Crippen molar-refractivity contribution in [3.05, 3.63) is 53.8 Å². The van der Waals surface area contributed by atoms with Crippen LogP contribution < -0.4 is 0 Å². The Hall–Kier alpha value is -2.01. The molecule has 104 valence electrons. The molecule has 0 aliphatic rings. The molecular formula is C15H13FO3S. The number of ketones is 1. The number of halogens is 1. The fourth-order valence-corrected chi connectivity index (χ4v) is 2.57. The lowest BCUT2D eigenvalue weighted by Gasteiger charge is -2.08. The zero-order valence-corrected chi connectivity index (χ0v) is 11.9. The van der Waals surface area contributed by atoms with Gasteiger partial charge in [0.2, 0.25) is 0 Å². The average molecular weight is 292 g/mol. The molecule has 5 heteroatoms. The van der Waals surface area contributed by atoms with Gasteiger partial charge in [-0.1, -0.05) is 18.2 Å². The van der Waals surface area contributed by atoms with Crippen LogP contribution >= 0.6 is 0 Å². The van der Waals surface area contributed by atoms with Crippen LogP contribution in [0.5, 0.6) is 0 Å². The molecule has 2 aromatic rings. The van der Waals surface area contributed by atoms with Gasteiger partial charge in [0, 0.05) is 11.8 Å². The van der Waals surface area contributed by atoms with Gasteiger partial charge in [0.15, 0.2) is 15.6 Å². The average Bonchev–Trinajstić information content (AvgIpc) is 2.37. The van der Waals surface area contributed by atoms with Gasteiger partial charge in [-0.25, -0.2) is 12.8 Å². The molecule has 0 bridgehead atoms. The molecule has 0 amide bonds. The Morgan fingerprint density at radius 2 is 1.65 bits per heavy atom. The smallest absolute Gasteiger partial charge is 0.175 e. The Balaban J connectivity index is 2.55. The fourth-order valence-electron chi connectivity index (χ4n) is 1.94. The van der Waals surface area contributed by atoms with Crippen LogP contribution in [0, 0.1) is 5.82 Å². The van der Waals surface area contributed by atoms with Crippen LogP contribution in [0.25, 0.3) is 11.1 Å². The van der Waals surface area contributed by atoms with Gasteiger partial charge in [-0.2, -0.15) is 0 Å². The normalized spacial score (nSPS) is 11.3. The number of hydrogen-bond donors (Lipinski definition) is 0. The highest BCUT2D eigenvalue weighted by Gasteiger charge is 2.12. The van der Waals surface area contributed by atoms with E-state index in [1.807, 2.05) is 0 Å². The van der Waals surface area contributed by atoms with Gasteiger partial charge in [-0.15, -0.1) is 0 Å². The lowest BCUT2D eigenvalue weighted by atomic mass is 9.97. The van der Waals surface area contributed by atoms with Crippen molar-refractivity contribution in [3.8, 4) is 11.1 Å². The highest BCUT2D eigenvalue weighted by atomic mass is 32.2. The van der Waals surface area contributed by atoms with Gasteiger partial charge in [0.05, 0.1) is 4.90 Å². The summed E-state index contributed by atoms with van der Waals surface area (Å²) in [5, 5.41) is 0. The van der Waals surface area contributed by atoms with E-state index < -0.39 is 15.7 Å². The van der Waals surface area contributed by atoms with Gasteiger partial charge in [-0.3, -0.25) is 4.79 Å². The molecule has 2 rings (SSSR count). The molecule has 2 aromatic carbocycles. The van der Waals surface area contributed by atoms with E-state index in [0.717, 1.165) is 6.26 Å². The van der Waals surface area contributed by atoms with Crippen molar-refractivity contribution < 1.29 is 17.6 Å². The van der Waals surface area contributed by atoms with Crippen molar-refractivity contribution in [3.63, 3.8) is 0 Å². The van der Waals surface area contributed by atoms with Gasteiger partial charge in [-0.05, 0) is 42.3 Å². The molecule has 0 aliphatic heterocycles. The molecule has 20 heavy (non-hydrogen) atoms. The van der Waals surface area contributed by atoms with Crippen LogP contribution in [0.15, 0.2) is 47.4 Å². The summed E-state index contributed by atoms with van der Waals surface area (Å²) < 4.78 is 36.0. The molecule has 0 unspecified atom stereocenters. The maximum Gasteiger partial charge on any atom is 0.175 e. The minimum Gasteiger partial charge on any atom is -0.294 e. The minimum absolute atomic E-state index is 0.202. The van der Waals surface area contributed by atoms with E-state index in [9.17, 15) is 17.6 Å². The number of sulfone groups is 1. The van der Waals surface area contributed by atoms with Crippen LogP contribution in [0.3, 0.4) is 0 Å². The first-order valence-corrected chi connectivity index (χ1v) is 7.79. The maximum absolute atomic E-state index is 13.2. The van der Waals surface area contributed by atoms with Gasteiger partial charge in [0.25, 0.3) is 0 Å². The summed E-state index contributed by atoms with van der Waals surface area (Å²) in [6.45, 7) is 1.36. The highest BCUT2D eigenvalue weighted by Crippen LogP contribution is 2.26.